The second-order valence-corrected chi connectivity index (χ2v) is 8.09. The molecule has 2 heterocycles. The van der Waals surface area contributed by atoms with Gasteiger partial charge in [-0.3, -0.25) is 9.78 Å². The van der Waals surface area contributed by atoms with Crippen LogP contribution in [-0.4, -0.2) is 41.8 Å². The number of hydrogen-bond donors (Lipinski definition) is 1. The highest BCUT2D eigenvalue weighted by Crippen LogP contribution is 2.37. The van der Waals surface area contributed by atoms with Crippen molar-refractivity contribution in [1.82, 2.24) is 9.88 Å². The quantitative estimate of drug-likeness (QED) is 0.724. The number of carbonyl (C=O) groups excluding carboxylic acids is 1. The summed E-state index contributed by atoms with van der Waals surface area (Å²) >= 11 is 3.55. The van der Waals surface area contributed by atoms with E-state index in [0.29, 0.717) is 0 Å². The van der Waals surface area contributed by atoms with Crippen molar-refractivity contribution in [2.24, 2.45) is 5.92 Å². The van der Waals surface area contributed by atoms with E-state index in [-0.39, 0.29) is 11.7 Å². The lowest BCUT2D eigenvalue weighted by molar-refractivity contribution is 0.0968. The van der Waals surface area contributed by atoms with Gasteiger partial charge in [-0.25, -0.2) is 0 Å². The molecule has 4 rings (SSSR count). The molecule has 0 spiro atoms. The molecule has 0 atom stereocenters. The predicted molar refractivity (Wildman–Crippen MR) is 105 cm³/mol. The molecule has 1 aromatic heterocycles. The van der Waals surface area contributed by atoms with Crippen molar-refractivity contribution < 1.29 is 4.79 Å². The van der Waals surface area contributed by atoms with Gasteiger partial charge in [0.1, 0.15) is 0 Å². The van der Waals surface area contributed by atoms with Crippen molar-refractivity contribution >= 4 is 38.3 Å². The van der Waals surface area contributed by atoms with Gasteiger partial charge in [0, 0.05) is 35.1 Å². The zero-order chi connectivity index (χ0) is 17.2. The zero-order valence-corrected chi connectivity index (χ0v) is 16.0. The zero-order valence-electron chi connectivity index (χ0n) is 14.4. The fourth-order valence-electron chi connectivity index (χ4n) is 3.63. The first-order chi connectivity index (χ1) is 12.2. The third kappa shape index (κ3) is 3.87. The number of piperidine rings is 1. The lowest BCUT2D eigenvalue weighted by atomic mass is 10.0. The summed E-state index contributed by atoms with van der Waals surface area (Å²) in [6, 6.07) is 6.06. The monoisotopic (exact) mass is 401 g/mol. The first-order valence-electron chi connectivity index (χ1n) is 9.31. The van der Waals surface area contributed by atoms with Gasteiger partial charge in [0.15, 0.2) is 5.78 Å². The van der Waals surface area contributed by atoms with E-state index in [1.54, 1.807) is 6.20 Å². The number of nitrogens with zero attached hydrogens (tertiary/aromatic N) is 2. The first-order valence-corrected chi connectivity index (χ1v) is 10.1. The van der Waals surface area contributed by atoms with Gasteiger partial charge in [-0.05, 0) is 57.0 Å². The summed E-state index contributed by atoms with van der Waals surface area (Å²) in [6.07, 6.45) is 7.76. The molecule has 1 N–H and O–H groups in total. The first kappa shape index (κ1) is 17.0. The van der Waals surface area contributed by atoms with Crippen LogP contribution in [-0.2, 0) is 0 Å². The van der Waals surface area contributed by atoms with Gasteiger partial charge < -0.3 is 10.2 Å². The highest BCUT2D eigenvalue weighted by molar-refractivity contribution is 9.10. The molecule has 1 saturated heterocycles. The molecule has 2 fully saturated rings. The number of fused-ring (bicyclic) bond motifs is 1. The largest absolute Gasteiger partial charge is 0.383 e. The minimum absolute atomic E-state index is 0.203. The SMILES string of the molecule is O=C(c1cnc2ccc(Br)cc2c1NCCN1CCCCC1)C1CC1. The summed E-state index contributed by atoms with van der Waals surface area (Å²) in [5.74, 6) is 0.448. The van der Waals surface area contributed by atoms with Crippen LogP contribution in [0.3, 0.4) is 0 Å². The van der Waals surface area contributed by atoms with Crippen molar-refractivity contribution in [2.75, 3.05) is 31.5 Å². The molecule has 25 heavy (non-hydrogen) atoms. The summed E-state index contributed by atoms with van der Waals surface area (Å²) in [5.41, 5.74) is 2.64. The van der Waals surface area contributed by atoms with E-state index in [9.17, 15) is 4.79 Å². The summed E-state index contributed by atoms with van der Waals surface area (Å²) in [7, 11) is 0. The molecule has 5 heteroatoms. The lowest BCUT2D eigenvalue weighted by Gasteiger charge is -2.26. The molecule has 132 valence electrons. The van der Waals surface area contributed by atoms with E-state index in [4.69, 9.17) is 0 Å². The van der Waals surface area contributed by atoms with Crippen molar-refractivity contribution in [2.45, 2.75) is 32.1 Å². The molecule has 1 aliphatic carbocycles. The Balaban J connectivity index is 1.59. The number of nitrogens with one attached hydrogen (secondary N) is 1. The Morgan fingerprint density at radius 3 is 2.80 bits per heavy atom. The van der Waals surface area contributed by atoms with Gasteiger partial charge in [-0.1, -0.05) is 22.4 Å². The molecule has 0 radical (unpaired) electrons. The molecular formula is C20H24BrN3O. The Hall–Kier alpha value is -1.46. The number of benzene rings is 1. The number of carbonyl (C=O) groups is 1. The van der Waals surface area contributed by atoms with E-state index < -0.39 is 0 Å². The number of ketones is 1. The number of aromatic nitrogens is 1. The number of halogens is 1. The number of hydrogen-bond acceptors (Lipinski definition) is 4. The maximum absolute atomic E-state index is 12.7. The molecule has 0 unspecified atom stereocenters. The standard InChI is InChI=1S/C20H24BrN3O/c21-15-6-7-18-16(12-15)19(17(13-23-18)20(25)14-4-5-14)22-8-11-24-9-2-1-3-10-24/h6-7,12-14H,1-5,8-11H2,(H,22,23). The van der Waals surface area contributed by atoms with E-state index in [0.717, 1.165) is 52.6 Å². The topological polar surface area (TPSA) is 45.2 Å². The molecule has 0 bridgehead atoms. The van der Waals surface area contributed by atoms with Crippen LogP contribution in [0.2, 0.25) is 0 Å². The van der Waals surface area contributed by atoms with E-state index >= 15 is 0 Å². The fraction of sp³-hybridized carbons (Fsp3) is 0.500. The van der Waals surface area contributed by atoms with Crippen LogP contribution in [0.25, 0.3) is 10.9 Å². The van der Waals surface area contributed by atoms with Crippen LogP contribution >= 0.6 is 15.9 Å². The van der Waals surface area contributed by atoms with E-state index in [2.05, 4.69) is 37.2 Å². The third-order valence-corrected chi connectivity index (χ3v) is 5.72. The fourth-order valence-corrected chi connectivity index (χ4v) is 3.99. The molecule has 0 amide bonds. The third-order valence-electron chi connectivity index (χ3n) is 5.22. The van der Waals surface area contributed by atoms with Gasteiger partial charge in [0.25, 0.3) is 0 Å². The van der Waals surface area contributed by atoms with E-state index in [1.807, 2.05) is 12.1 Å². The summed E-state index contributed by atoms with van der Waals surface area (Å²) in [4.78, 5) is 19.8. The van der Waals surface area contributed by atoms with Crippen molar-refractivity contribution in [3.63, 3.8) is 0 Å². The molecular weight excluding hydrogens is 378 g/mol. The number of anilines is 1. The molecule has 1 saturated carbocycles. The van der Waals surface area contributed by atoms with Crippen LogP contribution in [0.5, 0.6) is 0 Å². The van der Waals surface area contributed by atoms with E-state index in [1.165, 1.54) is 32.4 Å². The number of pyridine rings is 1. The molecule has 2 aromatic rings. The Labute approximate surface area is 157 Å². The van der Waals surface area contributed by atoms with Gasteiger partial charge >= 0.3 is 0 Å². The van der Waals surface area contributed by atoms with Crippen molar-refractivity contribution in [3.8, 4) is 0 Å². The van der Waals surface area contributed by atoms with Gasteiger partial charge in [0.05, 0.1) is 16.8 Å². The summed E-state index contributed by atoms with van der Waals surface area (Å²) in [5, 5.41) is 4.60. The smallest absolute Gasteiger partial charge is 0.169 e. The Morgan fingerprint density at radius 1 is 1.24 bits per heavy atom. The molecule has 2 aliphatic rings. The summed E-state index contributed by atoms with van der Waals surface area (Å²) < 4.78 is 1.01. The van der Waals surface area contributed by atoms with Crippen LogP contribution in [0, 0.1) is 5.92 Å². The molecule has 1 aromatic carbocycles. The Morgan fingerprint density at radius 2 is 2.04 bits per heavy atom. The van der Waals surface area contributed by atoms with Crippen LogP contribution in [0.4, 0.5) is 5.69 Å². The molecule has 4 nitrogen and oxygen atoms in total. The van der Waals surface area contributed by atoms with Gasteiger partial charge in [0.2, 0.25) is 0 Å². The number of likely N-dealkylation sites (tertiary alicyclic amines) is 1. The molecule has 1 aliphatic heterocycles. The van der Waals surface area contributed by atoms with Crippen LogP contribution < -0.4 is 5.32 Å². The number of Topliss-reactive ketones (excluding diaryl/α,β-unsaturated/α-hetero) is 1. The minimum atomic E-state index is 0.203. The maximum atomic E-state index is 12.7. The second kappa shape index (κ2) is 7.42. The van der Waals surface area contributed by atoms with Gasteiger partial charge in [-0.15, -0.1) is 0 Å². The Kier molecular flexibility index (Phi) is 5.04. The normalized spacial score (nSPS) is 18.4. The van der Waals surface area contributed by atoms with Crippen molar-refractivity contribution in [1.29, 1.82) is 0 Å². The second-order valence-electron chi connectivity index (χ2n) is 7.18. The maximum Gasteiger partial charge on any atom is 0.169 e. The highest BCUT2D eigenvalue weighted by Gasteiger charge is 2.32. The average Bonchev–Trinajstić information content (AvgIpc) is 3.47. The average molecular weight is 402 g/mol. The summed E-state index contributed by atoms with van der Waals surface area (Å²) in [6.45, 7) is 4.27. The number of rotatable bonds is 6. The lowest BCUT2D eigenvalue weighted by Crippen LogP contribution is -2.33. The minimum Gasteiger partial charge on any atom is -0.383 e. The van der Waals surface area contributed by atoms with Crippen LogP contribution in [0.15, 0.2) is 28.9 Å². The van der Waals surface area contributed by atoms with Crippen molar-refractivity contribution in [3.05, 3.63) is 34.4 Å². The van der Waals surface area contributed by atoms with Gasteiger partial charge in [-0.2, -0.15) is 0 Å². The highest BCUT2D eigenvalue weighted by atomic mass is 79.9. The predicted octanol–water partition coefficient (Wildman–Crippen LogP) is 4.49. The van der Waals surface area contributed by atoms with Crippen LogP contribution in [0.1, 0.15) is 42.5 Å². The Bertz CT molecular complexity index is 782.